The SMILES string of the molecule is CCC1(C(O)C/C=C/C2[C@H](O)CC(=O)[C@@H]2CCCc2ccc(C=O)s2)CCC1. The summed E-state index contributed by atoms with van der Waals surface area (Å²) >= 11 is 1.50. The number of aliphatic hydroxyl groups excluding tert-OH is 2. The number of carbonyl (C=O) groups excluding carboxylic acids is 2. The molecule has 0 radical (unpaired) electrons. The molecule has 0 saturated heterocycles. The second-order valence-electron chi connectivity index (χ2n) is 8.48. The zero-order valence-corrected chi connectivity index (χ0v) is 17.5. The summed E-state index contributed by atoms with van der Waals surface area (Å²) in [5.41, 5.74) is 0.0783. The van der Waals surface area contributed by atoms with Crippen LogP contribution in [0.5, 0.6) is 0 Å². The molecular formula is C23H32O4S. The van der Waals surface area contributed by atoms with E-state index in [1.165, 1.54) is 17.8 Å². The summed E-state index contributed by atoms with van der Waals surface area (Å²) in [7, 11) is 0. The molecule has 1 aromatic heterocycles. The van der Waals surface area contributed by atoms with Gasteiger partial charge in [-0.3, -0.25) is 9.59 Å². The van der Waals surface area contributed by atoms with Crippen LogP contribution in [-0.2, 0) is 11.2 Å². The highest BCUT2D eigenvalue weighted by Crippen LogP contribution is 2.47. The number of carbonyl (C=O) groups is 2. The van der Waals surface area contributed by atoms with Crippen LogP contribution in [0.25, 0.3) is 0 Å². The summed E-state index contributed by atoms with van der Waals surface area (Å²) < 4.78 is 0. The van der Waals surface area contributed by atoms with Crippen molar-refractivity contribution in [3.8, 4) is 0 Å². The third kappa shape index (κ3) is 4.64. The maximum atomic E-state index is 12.4. The number of thiophene rings is 1. The Kier molecular flexibility index (Phi) is 7.24. The highest BCUT2D eigenvalue weighted by Gasteiger charge is 2.42. The molecule has 5 heteroatoms. The summed E-state index contributed by atoms with van der Waals surface area (Å²) in [6, 6.07) is 3.81. The minimum absolute atomic E-state index is 0.0783. The number of ketones is 1. The maximum Gasteiger partial charge on any atom is 0.160 e. The van der Waals surface area contributed by atoms with Crippen LogP contribution in [-0.4, -0.2) is 34.5 Å². The maximum absolute atomic E-state index is 12.4. The van der Waals surface area contributed by atoms with Gasteiger partial charge in [0.15, 0.2) is 6.29 Å². The van der Waals surface area contributed by atoms with Crippen molar-refractivity contribution < 1.29 is 19.8 Å². The molecule has 0 amide bonds. The molecule has 1 heterocycles. The molecule has 28 heavy (non-hydrogen) atoms. The van der Waals surface area contributed by atoms with Crippen LogP contribution < -0.4 is 0 Å². The van der Waals surface area contributed by atoms with Gasteiger partial charge in [-0.1, -0.05) is 25.5 Å². The fraction of sp³-hybridized carbons (Fsp3) is 0.652. The molecule has 4 nitrogen and oxygen atoms in total. The van der Waals surface area contributed by atoms with Crippen LogP contribution in [0.2, 0.25) is 0 Å². The van der Waals surface area contributed by atoms with Gasteiger partial charge in [-0.15, -0.1) is 11.3 Å². The van der Waals surface area contributed by atoms with Gasteiger partial charge in [-0.05, 0) is 62.5 Å². The summed E-state index contributed by atoms with van der Waals surface area (Å²) in [4.78, 5) is 25.0. The third-order valence-electron chi connectivity index (χ3n) is 6.95. The van der Waals surface area contributed by atoms with Crippen LogP contribution in [0.15, 0.2) is 24.3 Å². The number of aldehydes is 1. The quantitative estimate of drug-likeness (QED) is 0.449. The molecule has 1 aromatic rings. The topological polar surface area (TPSA) is 74.6 Å². The number of Topliss-reactive ketones (excluding diaryl/α,β-unsaturated/α-hetero) is 1. The third-order valence-corrected chi connectivity index (χ3v) is 8.02. The Morgan fingerprint density at radius 3 is 2.75 bits per heavy atom. The molecule has 2 N–H and O–H groups in total. The van der Waals surface area contributed by atoms with Gasteiger partial charge in [0, 0.05) is 23.1 Å². The smallest absolute Gasteiger partial charge is 0.160 e. The predicted octanol–water partition coefficient (Wildman–Crippen LogP) is 4.34. The number of aryl methyl sites for hydroxylation is 1. The minimum Gasteiger partial charge on any atom is -0.392 e. The zero-order chi connectivity index (χ0) is 20.1. The van der Waals surface area contributed by atoms with Crippen molar-refractivity contribution >= 4 is 23.4 Å². The standard InChI is InChI=1S/C23H32O4S/c1-2-23(12-5-13-23)22(27)9-4-8-19-18(20(25)14-21(19)26)7-3-6-16-10-11-17(15-24)28-16/h4,8,10-11,15,18-19,21-22,26-27H,2-3,5-7,9,12-14H2,1H3/b8-4+/t18-,19?,21-,22?/m1/s1. The zero-order valence-electron chi connectivity index (χ0n) is 16.7. The predicted molar refractivity (Wildman–Crippen MR) is 112 cm³/mol. The van der Waals surface area contributed by atoms with E-state index in [0.717, 1.165) is 54.6 Å². The fourth-order valence-corrected chi connectivity index (χ4v) is 5.72. The van der Waals surface area contributed by atoms with E-state index in [-0.39, 0.29) is 35.6 Å². The molecule has 0 spiro atoms. The van der Waals surface area contributed by atoms with Gasteiger partial charge in [0.25, 0.3) is 0 Å². The van der Waals surface area contributed by atoms with Crippen molar-refractivity contribution in [3.63, 3.8) is 0 Å². The molecular weight excluding hydrogens is 372 g/mol. The van der Waals surface area contributed by atoms with Crippen LogP contribution >= 0.6 is 11.3 Å². The van der Waals surface area contributed by atoms with E-state index in [0.29, 0.717) is 6.42 Å². The van der Waals surface area contributed by atoms with E-state index in [9.17, 15) is 19.8 Å². The van der Waals surface area contributed by atoms with E-state index in [1.807, 2.05) is 24.3 Å². The second-order valence-corrected chi connectivity index (χ2v) is 9.68. The van der Waals surface area contributed by atoms with Gasteiger partial charge in [-0.25, -0.2) is 0 Å². The lowest BCUT2D eigenvalue weighted by molar-refractivity contribution is -0.121. The molecule has 154 valence electrons. The van der Waals surface area contributed by atoms with Crippen molar-refractivity contribution in [1.29, 1.82) is 0 Å². The summed E-state index contributed by atoms with van der Waals surface area (Å²) in [5, 5.41) is 20.9. The summed E-state index contributed by atoms with van der Waals surface area (Å²) in [6.45, 7) is 2.15. The van der Waals surface area contributed by atoms with Crippen LogP contribution in [0, 0.1) is 17.3 Å². The molecule has 2 saturated carbocycles. The van der Waals surface area contributed by atoms with Crippen molar-refractivity contribution in [2.75, 3.05) is 0 Å². The number of hydrogen-bond acceptors (Lipinski definition) is 5. The largest absolute Gasteiger partial charge is 0.392 e. The Labute approximate surface area is 171 Å². The highest BCUT2D eigenvalue weighted by molar-refractivity contribution is 7.13. The molecule has 2 aliphatic carbocycles. The monoisotopic (exact) mass is 404 g/mol. The van der Waals surface area contributed by atoms with Crippen LogP contribution in [0.1, 0.15) is 72.8 Å². The molecule has 0 aliphatic heterocycles. The van der Waals surface area contributed by atoms with E-state index in [4.69, 9.17) is 0 Å². The molecule has 2 unspecified atom stereocenters. The molecule has 2 fully saturated rings. The molecule has 0 aromatic carbocycles. The van der Waals surface area contributed by atoms with Crippen LogP contribution in [0.3, 0.4) is 0 Å². The van der Waals surface area contributed by atoms with Crippen molar-refractivity contribution in [2.24, 2.45) is 17.3 Å². The first-order valence-electron chi connectivity index (χ1n) is 10.6. The Morgan fingerprint density at radius 2 is 2.14 bits per heavy atom. The second kappa shape index (κ2) is 9.47. The van der Waals surface area contributed by atoms with E-state index < -0.39 is 6.10 Å². The average Bonchev–Trinajstić information content (AvgIpc) is 3.20. The van der Waals surface area contributed by atoms with Crippen molar-refractivity contribution in [1.82, 2.24) is 0 Å². The van der Waals surface area contributed by atoms with Crippen LogP contribution in [0.4, 0.5) is 0 Å². The lowest BCUT2D eigenvalue weighted by atomic mass is 9.63. The van der Waals surface area contributed by atoms with E-state index in [1.54, 1.807) is 0 Å². The van der Waals surface area contributed by atoms with E-state index >= 15 is 0 Å². The Morgan fingerprint density at radius 1 is 1.36 bits per heavy atom. The highest BCUT2D eigenvalue weighted by atomic mass is 32.1. The minimum atomic E-state index is -0.613. The first-order valence-corrected chi connectivity index (χ1v) is 11.4. The number of aliphatic hydroxyl groups is 2. The summed E-state index contributed by atoms with van der Waals surface area (Å²) in [5.74, 6) is -0.142. The molecule has 3 rings (SSSR count). The van der Waals surface area contributed by atoms with Gasteiger partial charge in [-0.2, -0.15) is 0 Å². The van der Waals surface area contributed by atoms with Gasteiger partial charge < -0.3 is 10.2 Å². The Hall–Kier alpha value is -1.30. The van der Waals surface area contributed by atoms with Crippen molar-refractivity contribution in [3.05, 3.63) is 34.0 Å². The van der Waals surface area contributed by atoms with Crippen molar-refractivity contribution in [2.45, 2.75) is 76.9 Å². The Balaban J connectivity index is 1.52. The number of hydrogen-bond donors (Lipinski definition) is 2. The van der Waals surface area contributed by atoms with Gasteiger partial charge in [0.05, 0.1) is 17.1 Å². The number of rotatable bonds is 10. The normalized spacial score (nSPS) is 27.8. The lowest BCUT2D eigenvalue weighted by Gasteiger charge is -2.45. The van der Waals surface area contributed by atoms with E-state index in [2.05, 4.69) is 6.92 Å². The first-order chi connectivity index (χ1) is 13.5. The fourth-order valence-electron chi connectivity index (χ4n) is 4.85. The van der Waals surface area contributed by atoms with Gasteiger partial charge in [0.2, 0.25) is 0 Å². The van der Waals surface area contributed by atoms with Gasteiger partial charge >= 0.3 is 0 Å². The summed E-state index contributed by atoms with van der Waals surface area (Å²) in [6.07, 6.45) is 11.6. The first kappa shape index (κ1) is 21.4. The Bertz CT molecular complexity index is 698. The average molecular weight is 405 g/mol. The molecule has 2 aliphatic rings. The van der Waals surface area contributed by atoms with Gasteiger partial charge in [0.1, 0.15) is 5.78 Å². The lowest BCUT2D eigenvalue weighted by Crippen LogP contribution is -2.40. The molecule has 4 atom stereocenters. The molecule has 0 bridgehead atoms.